The first-order chi connectivity index (χ1) is 22.5. The SMILES string of the molecule is C[C@H](Oc1nc2c(F)c(N3CCCc4ccccc43)ncc2c2c1cc(CN1CCOC1=O)n2C1C2CNC1C2)[C@@H]1CCCN1C. The van der Waals surface area contributed by atoms with Crippen molar-refractivity contribution in [3.63, 3.8) is 0 Å². The van der Waals surface area contributed by atoms with Gasteiger partial charge >= 0.3 is 6.09 Å². The fraction of sp³-hybridized carbons (Fsp3) is 0.514. The number of nitrogens with zero attached hydrogens (tertiary/aromatic N) is 6. The summed E-state index contributed by atoms with van der Waals surface area (Å²) in [5.41, 5.74) is 4.33. The first-order valence-electron chi connectivity index (χ1n) is 16.9. The minimum Gasteiger partial charge on any atom is -0.472 e. The lowest BCUT2D eigenvalue weighted by molar-refractivity contribution is 0.119. The zero-order valence-electron chi connectivity index (χ0n) is 26.4. The number of carbonyl (C=O) groups is 1. The molecule has 5 aliphatic heterocycles. The number of anilines is 2. The van der Waals surface area contributed by atoms with E-state index in [9.17, 15) is 4.79 Å². The second-order valence-electron chi connectivity index (χ2n) is 13.8. The number of likely N-dealkylation sites (tertiary alicyclic amines) is 1. The monoisotopic (exact) mass is 625 g/mol. The number of aromatic nitrogens is 3. The molecule has 10 nitrogen and oxygen atoms in total. The lowest BCUT2D eigenvalue weighted by atomic mass is 9.79. The van der Waals surface area contributed by atoms with Gasteiger partial charge in [0.25, 0.3) is 0 Å². The molecule has 240 valence electrons. The van der Waals surface area contributed by atoms with Gasteiger partial charge < -0.3 is 24.3 Å². The van der Waals surface area contributed by atoms with Crippen LogP contribution in [0.25, 0.3) is 21.8 Å². The Kier molecular flexibility index (Phi) is 6.64. The van der Waals surface area contributed by atoms with Gasteiger partial charge in [-0.05, 0) is 76.2 Å². The minimum atomic E-state index is -0.432. The van der Waals surface area contributed by atoms with Gasteiger partial charge in [0.1, 0.15) is 18.2 Å². The van der Waals surface area contributed by atoms with Crippen molar-refractivity contribution in [2.24, 2.45) is 5.92 Å². The molecule has 5 atom stereocenters. The van der Waals surface area contributed by atoms with E-state index in [-0.39, 0.29) is 29.8 Å². The highest BCUT2D eigenvalue weighted by Crippen LogP contribution is 2.49. The topological polar surface area (TPSA) is 88.0 Å². The second-order valence-corrected chi connectivity index (χ2v) is 13.8. The van der Waals surface area contributed by atoms with Gasteiger partial charge in [-0.3, -0.25) is 9.80 Å². The third-order valence-corrected chi connectivity index (χ3v) is 11.2. The van der Waals surface area contributed by atoms with Crippen LogP contribution >= 0.6 is 0 Å². The molecule has 8 heterocycles. The molecule has 3 unspecified atom stereocenters. The van der Waals surface area contributed by atoms with Gasteiger partial charge in [0.05, 0.1) is 30.0 Å². The van der Waals surface area contributed by atoms with Crippen molar-refractivity contribution in [3.8, 4) is 5.88 Å². The first-order valence-corrected chi connectivity index (χ1v) is 16.9. The Morgan fingerprint density at radius 3 is 2.83 bits per heavy atom. The molecule has 1 saturated carbocycles. The van der Waals surface area contributed by atoms with Crippen LogP contribution in [-0.2, 0) is 17.7 Å². The molecular weight excluding hydrogens is 585 g/mol. The number of halogens is 1. The summed E-state index contributed by atoms with van der Waals surface area (Å²) < 4.78 is 31.4. The smallest absolute Gasteiger partial charge is 0.410 e. The summed E-state index contributed by atoms with van der Waals surface area (Å²) in [6, 6.07) is 11.1. The van der Waals surface area contributed by atoms with Crippen LogP contribution in [0.15, 0.2) is 36.5 Å². The van der Waals surface area contributed by atoms with Gasteiger partial charge in [-0.25, -0.2) is 19.2 Å². The highest BCUT2D eigenvalue weighted by Gasteiger charge is 2.49. The maximum Gasteiger partial charge on any atom is 0.410 e. The molecule has 3 aromatic heterocycles. The van der Waals surface area contributed by atoms with Gasteiger partial charge in [0.15, 0.2) is 11.6 Å². The predicted octanol–water partition coefficient (Wildman–Crippen LogP) is 5.15. The first kappa shape index (κ1) is 28.3. The van der Waals surface area contributed by atoms with E-state index in [4.69, 9.17) is 19.4 Å². The number of para-hydroxylation sites is 1. The molecule has 10 rings (SSSR count). The number of benzene rings is 1. The van der Waals surface area contributed by atoms with E-state index in [1.165, 1.54) is 5.56 Å². The molecule has 1 N–H and O–H groups in total. The largest absolute Gasteiger partial charge is 0.472 e. The van der Waals surface area contributed by atoms with Gasteiger partial charge in [-0.15, -0.1) is 0 Å². The standard InChI is InChI=1S/C35H40FN7O3/c1-20(27-10-6-11-40(27)2)46-34-24-16-23(19-41-13-14-45-35(41)44)43(31-22-15-26(31)37-17-22)32(24)25-18-38-33(29(36)30(25)39-34)42-12-5-8-21-7-3-4-9-28(21)42/h3-4,7,9,16,18,20,22,26-27,31,37H,5-6,8,10-15,17,19H2,1-2H3/t20-,22?,26?,27-,31?/m0/s1. The van der Waals surface area contributed by atoms with Crippen molar-refractivity contribution in [2.75, 3.05) is 44.7 Å². The van der Waals surface area contributed by atoms with Crippen LogP contribution in [0.2, 0.25) is 0 Å². The molecule has 5 fully saturated rings. The van der Waals surface area contributed by atoms with E-state index >= 15 is 4.39 Å². The number of rotatable bonds is 7. The molecular formula is C35H40FN7O3. The Balaban J connectivity index is 1.25. The Morgan fingerprint density at radius 2 is 2.07 bits per heavy atom. The van der Waals surface area contributed by atoms with E-state index in [0.29, 0.717) is 55.3 Å². The lowest BCUT2D eigenvalue weighted by Crippen LogP contribution is -2.40. The number of cyclic esters (lactones) is 1. The zero-order chi connectivity index (χ0) is 31.1. The normalized spacial score (nSPS) is 26.5. The van der Waals surface area contributed by atoms with Crippen LogP contribution in [0.4, 0.5) is 20.7 Å². The molecule has 0 radical (unpaired) electrons. The van der Waals surface area contributed by atoms with Crippen LogP contribution in [-0.4, -0.2) is 88.4 Å². The fourth-order valence-corrected chi connectivity index (χ4v) is 8.81. The number of amides is 1. The number of aryl methyl sites for hydroxylation is 1. The quantitative estimate of drug-likeness (QED) is 0.302. The van der Waals surface area contributed by atoms with Crippen molar-refractivity contribution in [1.82, 2.24) is 29.7 Å². The number of fused-ring (bicyclic) bond motifs is 5. The summed E-state index contributed by atoms with van der Waals surface area (Å²) in [6.07, 6.45) is 6.53. The van der Waals surface area contributed by atoms with Gasteiger partial charge in [0, 0.05) is 48.1 Å². The maximum atomic E-state index is 17.0. The Bertz CT molecular complexity index is 1850. The molecule has 2 bridgehead atoms. The number of carbonyl (C=O) groups excluding carboxylic acids is 1. The highest BCUT2D eigenvalue weighted by molar-refractivity contribution is 6.07. The molecule has 1 aliphatic carbocycles. The van der Waals surface area contributed by atoms with Crippen molar-refractivity contribution in [3.05, 3.63) is 53.6 Å². The molecule has 4 aromatic rings. The van der Waals surface area contributed by atoms with Crippen molar-refractivity contribution in [2.45, 2.75) is 69.8 Å². The van der Waals surface area contributed by atoms with Gasteiger partial charge in [0.2, 0.25) is 5.88 Å². The van der Waals surface area contributed by atoms with Crippen LogP contribution in [0.1, 0.15) is 49.9 Å². The second kappa shape index (κ2) is 10.8. The number of hydrogen-bond donors (Lipinski definition) is 1. The fourth-order valence-electron chi connectivity index (χ4n) is 8.81. The molecule has 4 saturated heterocycles. The predicted molar refractivity (Wildman–Crippen MR) is 173 cm³/mol. The van der Waals surface area contributed by atoms with Gasteiger partial charge in [-0.2, -0.15) is 0 Å². The van der Waals surface area contributed by atoms with Crippen LogP contribution < -0.4 is 15.0 Å². The zero-order valence-corrected chi connectivity index (χ0v) is 26.4. The lowest BCUT2D eigenvalue weighted by Gasteiger charge is -2.38. The Labute approximate surface area is 267 Å². The molecule has 1 aromatic carbocycles. The molecule has 1 amide bonds. The van der Waals surface area contributed by atoms with Crippen molar-refractivity contribution >= 4 is 39.4 Å². The maximum absolute atomic E-state index is 17.0. The van der Waals surface area contributed by atoms with E-state index in [0.717, 1.165) is 67.5 Å². The molecule has 6 aliphatic rings. The van der Waals surface area contributed by atoms with E-state index in [1.54, 1.807) is 11.1 Å². The summed E-state index contributed by atoms with van der Waals surface area (Å²) in [4.78, 5) is 28.5. The van der Waals surface area contributed by atoms with Gasteiger partial charge in [-0.1, -0.05) is 18.2 Å². The van der Waals surface area contributed by atoms with Crippen molar-refractivity contribution < 1.29 is 18.7 Å². The van der Waals surface area contributed by atoms with E-state index in [1.807, 2.05) is 23.1 Å². The number of hydrogen-bond acceptors (Lipinski definition) is 8. The summed E-state index contributed by atoms with van der Waals surface area (Å²) in [5, 5.41) is 5.17. The van der Waals surface area contributed by atoms with Crippen LogP contribution in [0, 0.1) is 11.7 Å². The average Bonchev–Trinajstić information content (AvgIpc) is 3.90. The van der Waals surface area contributed by atoms with Crippen molar-refractivity contribution in [1.29, 1.82) is 0 Å². The molecule has 11 heteroatoms. The summed E-state index contributed by atoms with van der Waals surface area (Å²) in [5.74, 6) is 0.766. The number of nitrogens with one attached hydrogen (secondary N) is 1. The third-order valence-electron chi connectivity index (χ3n) is 11.2. The summed E-state index contributed by atoms with van der Waals surface area (Å²) >= 11 is 0. The minimum absolute atomic E-state index is 0.138. The average molecular weight is 626 g/mol. The summed E-state index contributed by atoms with van der Waals surface area (Å²) in [7, 11) is 2.14. The van der Waals surface area contributed by atoms with Crippen LogP contribution in [0.5, 0.6) is 5.88 Å². The third kappa shape index (κ3) is 4.31. The molecule has 0 spiro atoms. The Hall–Kier alpha value is -3.96. The molecule has 46 heavy (non-hydrogen) atoms. The highest BCUT2D eigenvalue weighted by atomic mass is 19.1. The summed E-state index contributed by atoms with van der Waals surface area (Å²) in [6.45, 7) is 6.10. The number of likely N-dealkylation sites (N-methyl/N-ethyl adjacent to an activating group) is 1. The van der Waals surface area contributed by atoms with E-state index in [2.05, 4.69) is 40.9 Å². The number of ether oxygens (including phenoxy) is 2. The van der Waals surface area contributed by atoms with E-state index < -0.39 is 5.82 Å². The van der Waals surface area contributed by atoms with Crippen LogP contribution in [0.3, 0.4) is 0 Å². The number of pyridine rings is 2. The Morgan fingerprint density at radius 1 is 1.17 bits per heavy atom.